The lowest BCUT2D eigenvalue weighted by molar-refractivity contribution is -0.145. The van der Waals surface area contributed by atoms with Crippen molar-refractivity contribution in [3.8, 4) is 0 Å². The molecule has 0 saturated heterocycles. The molecule has 0 radical (unpaired) electrons. The van der Waals surface area contributed by atoms with E-state index in [1.165, 1.54) is 19.3 Å². The fourth-order valence-corrected chi connectivity index (χ4v) is 1.72. The van der Waals surface area contributed by atoms with Crippen molar-refractivity contribution in [1.29, 1.82) is 0 Å². The molecule has 0 heterocycles. The molecule has 1 aromatic rings. The van der Waals surface area contributed by atoms with E-state index in [0.717, 1.165) is 12.1 Å². The summed E-state index contributed by atoms with van der Waals surface area (Å²) in [5.41, 5.74) is -0.625. The Labute approximate surface area is 109 Å². The van der Waals surface area contributed by atoms with Crippen molar-refractivity contribution in [3.63, 3.8) is 0 Å². The number of esters is 1. The van der Waals surface area contributed by atoms with Gasteiger partial charge < -0.3 is 4.74 Å². The van der Waals surface area contributed by atoms with Gasteiger partial charge in [-0.25, -0.2) is 8.78 Å². The molecule has 0 aliphatic carbocycles. The number of benzene rings is 1. The van der Waals surface area contributed by atoms with Crippen molar-refractivity contribution in [1.82, 2.24) is 0 Å². The first-order valence-corrected chi connectivity index (χ1v) is 5.67. The van der Waals surface area contributed by atoms with E-state index in [0.29, 0.717) is 0 Å². The zero-order valence-corrected chi connectivity index (χ0v) is 10.5. The van der Waals surface area contributed by atoms with Crippen LogP contribution in [0.1, 0.15) is 23.2 Å². The van der Waals surface area contributed by atoms with Crippen molar-refractivity contribution in [2.24, 2.45) is 5.92 Å². The number of ether oxygens (including phenoxy) is 1. The summed E-state index contributed by atoms with van der Waals surface area (Å²) in [4.78, 5) is 23.3. The molecule has 0 N–H and O–H groups in total. The van der Waals surface area contributed by atoms with Crippen LogP contribution >= 0.6 is 0 Å². The molecule has 102 valence electrons. The highest BCUT2D eigenvalue weighted by molar-refractivity contribution is 5.98. The lowest BCUT2D eigenvalue weighted by atomic mass is 9.95. The highest BCUT2D eigenvalue weighted by atomic mass is 19.1. The zero-order chi connectivity index (χ0) is 14.4. The number of hydrogen-bond donors (Lipinski definition) is 0. The second-order valence-electron chi connectivity index (χ2n) is 3.97. The first-order chi connectivity index (χ1) is 9.01. The van der Waals surface area contributed by atoms with Crippen molar-refractivity contribution in [2.45, 2.75) is 12.8 Å². The number of carbonyl (C=O) groups excluding carboxylic acids is 2. The van der Waals surface area contributed by atoms with Gasteiger partial charge in [-0.3, -0.25) is 9.59 Å². The number of hydrogen-bond acceptors (Lipinski definition) is 3. The largest absolute Gasteiger partial charge is 0.469 e. The van der Waals surface area contributed by atoms with Gasteiger partial charge in [0.25, 0.3) is 0 Å². The quantitative estimate of drug-likeness (QED) is 0.452. The molecular formula is C14H14F2O3. The molecule has 5 heteroatoms. The van der Waals surface area contributed by atoms with Gasteiger partial charge >= 0.3 is 5.97 Å². The third-order valence-electron chi connectivity index (χ3n) is 2.66. The average Bonchev–Trinajstić information content (AvgIpc) is 2.37. The molecule has 3 nitrogen and oxygen atoms in total. The standard InChI is InChI=1S/C14H14F2O3/c1-3-5-9(14(18)19-2)8-12(17)13-10(15)6-4-7-11(13)16/h3-4,6-7,9H,1,5,8H2,2H3. The van der Waals surface area contributed by atoms with Crippen molar-refractivity contribution >= 4 is 11.8 Å². The molecule has 0 aliphatic heterocycles. The van der Waals surface area contributed by atoms with Crippen molar-refractivity contribution in [3.05, 3.63) is 48.1 Å². The van der Waals surface area contributed by atoms with E-state index >= 15 is 0 Å². The topological polar surface area (TPSA) is 43.4 Å². The van der Waals surface area contributed by atoms with Crippen LogP contribution in [0.15, 0.2) is 30.9 Å². The summed E-state index contributed by atoms with van der Waals surface area (Å²) in [6.07, 6.45) is 1.33. The second kappa shape index (κ2) is 6.78. The Morgan fingerprint density at radius 3 is 2.42 bits per heavy atom. The summed E-state index contributed by atoms with van der Waals surface area (Å²) in [6.45, 7) is 3.47. The summed E-state index contributed by atoms with van der Waals surface area (Å²) >= 11 is 0. The molecule has 0 amide bonds. The molecule has 1 unspecified atom stereocenters. The van der Waals surface area contributed by atoms with Crippen LogP contribution in [0.4, 0.5) is 8.78 Å². The van der Waals surface area contributed by atoms with Gasteiger partial charge in [0.15, 0.2) is 5.78 Å². The van der Waals surface area contributed by atoms with Gasteiger partial charge in [0.05, 0.1) is 18.6 Å². The van der Waals surface area contributed by atoms with Crippen LogP contribution in [-0.4, -0.2) is 18.9 Å². The number of rotatable bonds is 6. The maximum Gasteiger partial charge on any atom is 0.309 e. The van der Waals surface area contributed by atoms with E-state index < -0.39 is 34.9 Å². The van der Waals surface area contributed by atoms with Crippen LogP contribution in [-0.2, 0) is 9.53 Å². The van der Waals surface area contributed by atoms with E-state index in [1.807, 2.05) is 0 Å². The Kier molecular flexibility index (Phi) is 5.36. The minimum absolute atomic E-state index is 0.203. The normalized spacial score (nSPS) is 11.7. The van der Waals surface area contributed by atoms with E-state index in [9.17, 15) is 18.4 Å². The number of methoxy groups -OCH3 is 1. The van der Waals surface area contributed by atoms with Gasteiger partial charge in [-0.15, -0.1) is 6.58 Å². The SMILES string of the molecule is C=CCC(CC(=O)c1c(F)cccc1F)C(=O)OC. The second-order valence-corrected chi connectivity index (χ2v) is 3.97. The lowest BCUT2D eigenvalue weighted by Gasteiger charge is -2.12. The molecule has 0 aliphatic rings. The van der Waals surface area contributed by atoms with E-state index in [2.05, 4.69) is 11.3 Å². The molecule has 0 spiro atoms. The third kappa shape index (κ3) is 3.71. The maximum atomic E-state index is 13.4. The minimum Gasteiger partial charge on any atom is -0.469 e. The minimum atomic E-state index is -0.938. The number of ketones is 1. The van der Waals surface area contributed by atoms with Crippen LogP contribution in [0.3, 0.4) is 0 Å². The van der Waals surface area contributed by atoms with E-state index in [4.69, 9.17) is 0 Å². The molecule has 0 saturated carbocycles. The number of allylic oxidation sites excluding steroid dienone is 1. The summed E-state index contributed by atoms with van der Waals surface area (Å²) in [5, 5.41) is 0. The number of halogens is 2. The smallest absolute Gasteiger partial charge is 0.309 e. The van der Waals surface area contributed by atoms with Gasteiger partial charge in [-0.2, -0.15) is 0 Å². The first-order valence-electron chi connectivity index (χ1n) is 5.67. The Bertz CT molecular complexity index is 477. The van der Waals surface area contributed by atoms with Gasteiger partial charge in [-0.05, 0) is 18.6 Å². The average molecular weight is 268 g/mol. The highest BCUT2D eigenvalue weighted by Crippen LogP contribution is 2.19. The Morgan fingerprint density at radius 1 is 1.37 bits per heavy atom. The molecular weight excluding hydrogens is 254 g/mol. The zero-order valence-electron chi connectivity index (χ0n) is 10.5. The lowest BCUT2D eigenvalue weighted by Crippen LogP contribution is -2.20. The van der Waals surface area contributed by atoms with Crippen LogP contribution < -0.4 is 0 Å². The van der Waals surface area contributed by atoms with Gasteiger partial charge in [0.2, 0.25) is 0 Å². The van der Waals surface area contributed by atoms with Gasteiger partial charge in [0, 0.05) is 6.42 Å². The number of carbonyl (C=O) groups is 2. The van der Waals surface area contributed by atoms with E-state index in [-0.39, 0.29) is 12.8 Å². The Morgan fingerprint density at radius 2 is 1.95 bits per heavy atom. The Hall–Kier alpha value is -2.04. The highest BCUT2D eigenvalue weighted by Gasteiger charge is 2.25. The molecule has 1 aromatic carbocycles. The first kappa shape index (κ1) is 15.0. The van der Waals surface area contributed by atoms with Gasteiger partial charge in [0.1, 0.15) is 11.6 Å². The van der Waals surface area contributed by atoms with E-state index in [1.54, 1.807) is 0 Å². The number of Topliss-reactive ketones (excluding diaryl/α,β-unsaturated/α-hetero) is 1. The summed E-state index contributed by atoms with van der Waals surface area (Å²) < 4.78 is 31.4. The van der Waals surface area contributed by atoms with Crippen molar-refractivity contribution in [2.75, 3.05) is 7.11 Å². The van der Waals surface area contributed by atoms with Gasteiger partial charge in [-0.1, -0.05) is 12.1 Å². The summed E-state index contributed by atoms with van der Waals surface area (Å²) in [7, 11) is 1.19. The molecule has 1 atom stereocenters. The summed E-state index contributed by atoms with van der Waals surface area (Å²) in [6, 6.07) is 3.16. The van der Waals surface area contributed by atoms with Crippen LogP contribution in [0, 0.1) is 17.6 Å². The van der Waals surface area contributed by atoms with Crippen LogP contribution in [0.2, 0.25) is 0 Å². The molecule has 0 fully saturated rings. The maximum absolute atomic E-state index is 13.4. The Balaban J connectivity index is 2.94. The predicted octanol–water partition coefficient (Wildman–Crippen LogP) is 2.90. The van der Waals surface area contributed by atoms with Crippen molar-refractivity contribution < 1.29 is 23.1 Å². The molecule has 0 bridgehead atoms. The molecule has 0 aromatic heterocycles. The molecule has 19 heavy (non-hydrogen) atoms. The predicted molar refractivity (Wildman–Crippen MR) is 65.6 cm³/mol. The third-order valence-corrected chi connectivity index (χ3v) is 2.66. The fraction of sp³-hybridized carbons (Fsp3) is 0.286. The summed E-state index contributed by atoms with van der Waals surface area (Å²) in [5.74, 6) is -4.04. The molecule has 1 rings (SSSR count). The fourth-order valence-electron chi connectivity index (χ4n) is 1.72. The van der Waals surface area contributed by atoms with Crippen LogP contribution in [0.5, 0.6) is 0 Å². The van der Waals surface area contributed by atoms with Crippen LogP contribution in [0.25, 0.3) is 0 Å². The monoisotopic (exact) mass is 268 g/mol.